The molecular formula is C18H19Cl2N3O. The van der Waals surface area contributed by atoms with Crippen LogP contribution >= 0.6 is 23.2 Å². The Labute approximate surface area is 150 Å². The third-order valence-corrected chi connectivity index (χ3v) is 5.21. The Kier molecular flexibility index (Phi) is 4.53. The van der Waals surface area contributed by atoms with Crippen molar-refractivity contribution in [3.8, 4) is 0 Å². The minimum absolute atomic E-state index is 0.0821. The molecule has 4 rings (SSSR count). The van der Waals surface area contributed by atoms with E-state index in [1.807, 2.05) is 6.07 Å². The third-order valence-electron chi connectivity index (χ3n) is 4.64. The fraction of sp³-hybridized carbons (Fsp3) is 0.389. The van der Waals surface area contributed by atoms with E-state index in [4.69, 9.17) is 27.9 Å². The highest BCUT2D eigenvalue weighted by atomic mass is 35.5. The van der Waals surface area contributed by atoms with Gasteiger partial charge in [-0.3, -0.25) is 5.10 Å². The van der Waals surface area contributed by atoms with Crippen molar-refractivity contribution < 1.29 is 4.74 Å². The average Bonchev–Trinajstić information content (AvgIpc) is 3.22. The van der Waals surface area contributed by atoms with Gasteiger partial charge in [-0.2, -0.15) is 5.10 Å². The number of aromatic amines is 1. The van der Waals surface area contributed by atoms with Gasteiger partial charge in [0.1, 0.15) is 11.7 Å². The van der Waals surface area contributed by atoms with Crippen molar-refractivity contribution in [2.24, 2.45) is 5.92 Å². The van der Waals surface area contributed by atoms with E-state index in [0.29, 0.717) is 11.8 Å². The van der Waals surface area contributed by atoms with Gasteiger partial charge < -0.3 is 9.30 Å². The van der Waals surface area contributed by atoms with E-state index in [1.165, 1.54) is 10.9 Å². The average molecular weight is 364 g/mol. The molecule has 0 saturated carbocycles. The minimum Gasteiger partial charge on any atom is -0.353 e. The predicted octanol–water partition coefficient (Wildman–Crippen LogP) is 4.84. The molecule has 3 aromatic rings. The highest BCUT2D eigenvalue weighted by Crippen LogP contribution is 2.37. The number of para-hydroxylation sites is 1. The Hall–Kier alpha value is -1.49. The highest BCUT2D eigenvalue weighted by Gasteiger charge is 2.31. The minimum atomic E-state index is -0.285. The van der Waals surface area contributed by atoms with E-state index < -0.39 is 0 Å². The zero-order valence-corrected chi connectivity index (χ0v) is 14.7. The Balaban J connectivity index is 1.52. The lowest BCUT2D eigenvalue weighted by Gasteiger charge is -2.32. The molecular weight excluding hydrogens is 345 g/mol. The number of aromatic nitrogens is 3. The van der Waals surface area contributed by atoms with Gasteiger partial charge in [0.25, 0.3) is 0 Å². The van der Waals surface area contributed by atoms with Crippen molar-refractivity contribution in [3.05, 3.63) is 54.0 Å². The second-order valence-corrected chi connectivity index (χ2v) is 7.10. The first-order valence-electron chi connectivity index (χ1n) is 8.16. The number of hydrogen-bond acceptors (Lipinski definition) is 2. The molecule has 126 valence electrons. The molecule has 4 nitrogen and oxygen atoms in total. The van der Waals surface area contributed by atoms with E-state index in [1.54, 1.807) is 0 Å². The van der Waals surface area contributed by atoms with Crippen LogP contribution in [0.2, 0.25) is 0 Å². The molecule has 0 aliphatic carbocycles. The van der Waals surface area contributed by atoms with Gasteiger partial charge >= 0.3 is 0 Å². The summed E-state index contributed by atoms with van der Waals surface area (Å²) in [6, 6.07) is 12.6. The standard InChI is InChI=1S/C18H19Cl2N3O/c19-10-14-9-15(22-21-14)17-7-12(8-18(20)24-17)11-23-6-5-13-3-1-2-4-16(13)23/h1-6,9,12,17-18H,7-8,10-11H2,(H,21,22). The highest BCUT2D eigenvalue weighted by molar-refractivity contribution is 6.19. The number of benzene rings is 1. The zero-order chi connectivity index (χ0) is 16.5. The van der Waals surface area contributed by atoms with Gasteiger partial charge in [-0.25, -0.2) is 0 Å². The molecule has 3 unspecified atom stereocenters. The third kappa shape index (κ3) is 3.18. The molecule has 1 N–H and O–H groups in total. The summed E-state index contributed by atoms with van der Waals surface area (Å²) in [6.07, 6.45) is 3.82. The van der Waals surface area contributed by atoms with Gasteiger partial charge in [-0.1, -0.05) is 29.8 Å². The van der Waals surface area contributed by atoms with Crippen molar-refractivity contribution >= 4 is 34.1 Å². The molecule has 0 spiro atoms. The van der Waals surface area contributed by atoms with Crippen molar-refractivity contribution in [1.29, 1.82) is 0 Å². The second-order valence-electron chi connectivity index (χ2n) is 6.35. The molecule has 1 aromatic carbocycles. The maximum absolute atomic E-state index is 6.36. The van der Waals surface area contributed by atoms with Crippen LogP contribution in [-0.2, 0) is 17.2 Å². The van der Waals surface area contributed by atoms with E-state index in [2.05, 4.69) is 51.3 Å². The van der Waals surface area contributed by atoms with Crippen LogP contribution in [0.15, 0.2) is 42.6 Å². The van der Waals surface area contributed by atoms with E-state index in [-0.39, 0.29) is 11.7 Å². The first-order valence-corrected chi connectivity index (χ1v) is 9.13. The monoisotopic (exact) mass is 363 g/mol. The summed E-state index contributed by atoms with van der Waals surface area (Å²) in [5, 5.41) is 8.53. The maximum atomic E-state index is 6.36. The van der Waals surface area contributed by atoms with Crippen LogP contribution in [0.1, 0.15) is 30.3 Å². The molecule has 1 aliphatic heterocycles. The summed E-state index contributed by atoms with van der Waals surface area (Å²) in [6.45, 7) is 0.934. The maximum Gasteiger partial charge on any atom is 0.132 e. The topological polar surface area (TPSA) is 42.8 Å². The van der Waals surface area contributed by atoms with Crippen LogP contribution in [0.5, 0.6) is 0 Å². The molecule has 6 heteroatoms. The molecule has 2 aromatic heterocycles. The van der Waals surface area contributed by atoms with Crippen LogP contribution in [0.25, 0.3) is 10.9 Å². The smallest absolute Gasteiger partial charge is 0.132 e. The zero-order valence-electron chi connectivity index (χ0n) is 13.2. The van der Waals surface area contributed by atoms with Crippen LogP contribution in [0.4, 0.5) is 0 Å². The quantitative estimate of drug-likeness (QED) is 0.674. The molecule has 1 fully saturated rings. The molecule has 0 amide bonds. The Morgan fingerprint density at radius 2 is 2.12 bits per heavy atom. The van der Waals surface area contributed by atoms with E-state index >= 15 is 0 Å². The number of nitrogens with one attached hydrogen (secondary N) is 1. The number of rotatable bonds is 4. The fourth-order valence-electron chi connectivity index (χ4n) is 3.48. The molecule has 1 saturated heterocycles. The molecule has 0 bridgehead atoms. The molecule has 24 heavy (non-hydrogen) atoms. The fourth-order valence-corrected chi connectivity index (χ4v) is 3.99. The summed E-state index contributed by atoms with van der Waals surface area (Å²) in [4.78, 5) is 0. The Morgan fingerprint density at radius 3 is 2.96 bits per heavy atom. The second kappa shape index (κ2) is 6.79. The Morgan fingerprint density at radius 1 is 1.25 bits per heavy atom. The van der Waals surface area contributed by atoms with Crippen molar-refractivity contribution in [1.82, 2.24) is 14.8 Å². The van der Waals surface area contributed by atoms with Crippen LogP contribution in [0.3, 0.4) is 0 Å². The summed E-state index contributed by atoms with van der Waals surface area (Å²) in [5.41, 5.74) is 2.76. The van der Waals surface area contributed by atoms with Crippen molar-refractivity contribution in [2.75, 3.05) is 0 Å². The van der Waals surface area contributed by atoms with Gasteiger partial charge in [0.05, 0.1) is 17.3 Å². The molecule has 0 radical (unpaired) electrons. The van der Waals surface area contributed by atoms with Gasteiger partial charge in [0.2, 0.25) is 0 Å². The first kappa shape index (κ1) is 16.0. The number of H-pyrrole nitrogens is 1. The normalized spacial score (nSPS) is 24.5. The number of alkyl halides is 2. The largest absolute Gasteiger partial charge is 0.353 e. The number of halogens is 2. The SMILES string of the molecule is ClCc1cc(C2CC(Cn3ccc4ccccc43)CC(Cl)O2)n[nH]1. The summed E-state index contributed by atoms with van der Waals surface area (Å²) >= 11 is 12.2. The van der Waals surface area contributed by atoms with Gasteiger partial charge in [-0.15, -0.1) is 11.6 Å². The first-order chi connectivity index (χ1) is 11.7. The number of nitrogens with zero attached hydrogens (tertiary/aromatic N) is 2. The summed E-state index contributed by atoms with van der Waals surface area (Å²) in [7, 11) is 0. The summed E-state index contributed by atoms with van der Waals surface area (Å²) in [5.74, 6) is 0.862. The lowest BCUT2D eigenvalue weighted by molar-refractivity contribution is -0.0385. The van der Waals surface area contributed by atoms with Crippen molar-refractivity contribution in [3.63, 3.8) is 0 Å². The lowest BCUT2D eigenvalue weighted by atomic mass is 9.93. The van der Waals surface area contributed by atoms with Gasteiger partial charge in [0, 0.05) is 18.3 Å². The van der Waals surface area contributed by atoms with Gasteiger partial charge in [0.15, 0.2) is 0 Å². The van der Waals surface area contributed by atoms with Crippen LogP contribution in [0, 0.1) is 5.92 Å². The van der Waals surface area contributed by atoms with Crippen LogP contribution in [-0.4, -0.2) is 20.3 Å². The van der Waals surface area contributed by atoms with E-state index in [0.717, 1.165) is 30.8 Å². The van der Waals surface area contributed by atoms with Crippen LogP contribution < -0.4 is 0 Å². The lowest BCUT2D eigenvalue weighted by Crippen LogP contribution is -2.27. The van der Waals surface area contributed by atoms with Gasteiger partial charge in [-0.05, 0) is 42.3 Å². The predicted molar refractivity (Wildman–Crippen MR) is 96.3 cm³/mol. The number of hydrogen-bond donors (Lipinski definition) is 1. The number of fused-ring (bicyclic) bond motifs is 1. The van der Waals surface area contributed by atoms with Crippen molar-refractivity contribution in [2.45, 2.75) is 36.9 Å². The number of ether oxygens (including phenoxy) is 1. The van der Waals surface area contributed by atoms with E-state index in [9.17, 15) is 0 Å². The molecule has 1 aliphatic rings. The Bertz CT molecular complexity index is 828. The molecule has 3 heterocycles. The molecule has 3 atom stereocenters. The summed E-state index contributed by atoms with van der Waals surface area (Å²) < 4.78 is 8.20.